The van der Waals surface area contributed by atoms with E-state index in [0.717, 1.165) is 18.3 Å². The van der Waals surface area contributed by atoms with Gasteiger partial charge in [0, 0.05) is 30.9 Å². The molecule has 0 bridgehead atoms. The van der Waals surface area contributed by atoms with Crippen LogP contribution in [0.5, 0.6) is 0 Å². The molecule has 6 nitrogen and oxygen atoms in total. The van der Waals surface area contributed by atoms with Gasteiger partial charge < -0.3 is 15.2 Å². The topological polar surface area (TPSA) is 67.1 Å². The monoisotopic (exact) mass is 434 g/mol. The van der Waals surface area contributed by atoms with Gasteiger partial charge in [-0.15, -0.1) is 45.5 Å². The number of nitrogens with zero attached hydrogens (tertiary/aromatic N) is 4. The molecule has 0 radical (unpaired) electrons. The fraction of sp³-hybridized carbons (Fsp3) is 0.500. The fourth-order valence-corrected chi connectivity index (χ4v) is 2.76. The average Bonchev–Trinajstić information content (AvgIpc) is 3.11. The van der Waals surface area contributed by atoms with Crippen LogP contribution >= 0.6 is 35.3 Å². The van der Waals surface area contributed by atoms with Crippen molar-refractivity contribution in [2.45, 2.75) is 25.8 Å². The zero-order valence-corrected chi connectivity index (χ0v) is 16.5. The van der Waals surface area contributed by atoms with E-state index in [0.29, 0.717) is 6.54 Å². The highest BCUT2D eigenvalue weighted by atomic mass is 127. The lowest BCUT2D eigenvalue weighted by Crippen LogP contribution is -2.43. The van der Waals surface area contributed by atoms with Gasteiger partial charge in [0.25, 0.3) is 0 Å². The molecule has 0 atom stereocenters. The Kier molecular flexibility index (Phi) is 7.27. The van der Waals surface area contributed by atoms with E-state index in [1.165, 1.54) is 4.88 Å². The van der Waals surface area contributed by atoms with Crippen molar-refractivity contribution < 1.29 is 0 Å². The fourth-order valence-electron chi connectivity index (χ4n) is 1.91. The summed E-state index contributed by atoms with van der Waals surface area (Å²) in [6.07, 6.45) is 1.69. The molecule has 2 heterocycles. The standard InChI is InChI=1S/C14H22N6S.HI/c1-14(2,11-6-5-7-21-11)9-17-13(15-3)16-8-12-19-18-10-20(12)4;/h5-7,10H,8-9H2,1-4H3,(H2,15,16,17);1H. The van der Waals surface area contributed by atoms with Crippen LogP contribution in [0.2, 0.25) is 0 Å². The van der Waals surface area contributed by atoms with Crippen LogP contribution in [-0.2, 0) is 19.0 Å². The highest BCUT2D eigenvalue weighted by Gasteiger charge is 2.21. The number of aromatic nitrogens is 3. The van der Waals surface area contributed by atoms with Gasteiger partial charge in [0.1, 0.15) is 6.33 Å². The Morgan fingerprint density at radius 1 is 1.41 bits per heavy atom. The zero-order valence-electron chi connectivity index (χ0n) is 13.3. The summed E-state index contributed by atoms with van der Waals surface area (Å²) in [4.78, 5) is 5.60. The van der Waals surface area contributed by atoms with Gasteiger partial charge in [-0.25, -0.2) is 0 Å². The predicted octanol–water partition coefficient (Wildman–Crippen LogP) is 2.14. The quantitative estimate of drug-likeness (QED) is 0.430. The Morgan fingerprint density at radius 3 is 2.73 bits per heavy atom. The van der Waals surface area contributed by atoms with Gasteiger partial charge in [0.05, 0.1) is 6.54 Å². The molecule has 2 aromatic heterocycles. The van der Waals surface area contributed by atoms with Crippen LogP contribution < -0.4 is 10.6 Å². The second-order valence-corrected chi connectivity index (χ2v) is 6.45. The van der Waals surface area contributed by atoms with Crippen LogP contribution in [0, 0.1) is 0 Å². The van der Waals surface area contributed by atoms with Gasteiger partial charge in [-0.3, -0.25) is 4.99 Å². The highest BCUT2D eigenvalue weighted by molar-refractivity contribution is 14.0. The number of halogens is 1. The summed E-state index contributed by atoms with van der Waals surface area (Å²) in [5.41, 5.74) is 0.0660. The van der Waals surface area contributed by atoms with Crippen molar-refractivity contribution in [2.24, 2.45) is 12.0 Å². The molecule has 0 fully saturated rings. The van der Waals surface area contributed by atoms with Crippen LogP contribution in [0.3, 0.4) is 0 Å². The lowest BCUT2D eigenvalue weighted by molar-refractivity contribution is 0.518. The normalized spacial score (nSPS) is 11.9. The van der Waals surface area contributed by atoms with Gasteiger partial charge >= 0.3 is 0 Å². The summed E-state index contributed by atoms with van der Waals surface area (Å²) in [6.45, 7) is 5.85. The molecule has 2 N–H and O–H groups in total. The van der Waals surface area contributed by atoms with Crippen molar-refractivity contribution in [3.63, 3.8) is 0 Å². The summed E-state index contributed by atoms with van der Waals surface area (Å²) in [5.74, 6) is 1.64. The van der Waals surface area contributed by atoms with E-state index in [1.807, 2.05) is 11.6 Å². The number of thiophene rings is 1. The minimum atomic E-state index is 0. The Labute approximate surface area is 152 Å². The molecule has 2 aromatic rings. The maximum atomic E-state index is 4.24. The minimum absolute atomic E-state index is 0. The molecule has 0 aliphatic rings. The zero-order chi connectivity index (χ0) is 15.3. The van der Waals surface area contributed by atoms with Crippen LogP contribution in [0.15, 0.2) is 28.8 Å². The molecule has 8 heteroatoms. The van der Waals surface area contributed by atoms with Crippen LogP contribution in [0.4, 0.5) is 0 Å². The van der Waals surface area contributed by atoms with E-state index in [4.69, 9.17) is 0 Å². The second kappa shape index (κ2) is 8.47. The van der Waals surface area contributed by atoms with E-state index >= 15 is 0 Å². The molecular weight excluding hydrogens is 411 g/mol. The number of aliphatic imine (C=N–C) groups is 1. The molecule has 0 unspecified atom stereocenters. The van der Waals surface area contributed by atoms with Crippen LogP contribution in [0.1, 0.15) is 24.5 Å². The molecule has 0 saturated carbocycles. The van der Waals surface area contributed by atoms with E-state index < -0.39 is 0 Å². The number of hydrogen-bond donors (Lipinski definition) is 2. The second-order valence-electron chi connectivity index (χ2n) is 5.50. The number of nitrogens with one attached hydrogen (secondary N) is 2. The molecule has 0 saturated heterocycles. The largest absolute Gasteiger partial charge is 0.356 e. The van der Waals surface area contributed by atoms with E-state index in [1.54, 1.807) is 24.7 Å². The maximum absolute atomic E-state index is 4.24. The molecule has 2 rings (SSSR count). The molecule has 0 aromatic carbocycles. The molecule has 0 amide bonds. The number of hydrogen-bond acceptors (Lipinski definition) is 4. The first-order chi connectivity index (χ1) is 10.0. The Balaban J connectivity index is 0.00000242. The summed E-state index contributed by atoms with van der Waals surface area (Å²) in [5, 5.41) is 16.6. The summed E-state index contributed by atoms with van der Waals surface area (Å²) in [7, 11) is 3.69. The molecule has 122 valence electrons. The van der Waals surface area contributed by atoms with E-state index in [-0.39, 0.29) is 29.4 Å². The SMILES string of the molecule is CN=C(NCc1nncn1C)NCC(C)(C)c1cccs1.I. The summed E-state index contributed by atoms with van der Waals surface area (Å²) in [6, 6.07) is 4.25. The number of guanidine groups is 1. The first kappa shape index (κ1) is 18.9. The van der Waals surface area contributed by atoms with E-state index in [9.17, 15) is 0 Å². The summed E-state index contributed by atoms with van der Waals surface area (Å²) >= 11 is 1.78. The van der Waals surface area contributed by atoms with Gasteiger partial charge in [0.15, 0.2) is 11.8 Å². The van der Waals surface area contributed by atoms with Crippen molar-refractivity contribution in [1.82, 2.24) is 25.4 Å². The third kappa shape index (κ3) is 4.94. The number of aryl methyl sites for hydroxylation is 1. The third-order valence-electron chi connectivity index (χ3n) is 3.33. The summed E-state index contributed by atoms with van der Waals surface area (Å²) < 4.78 is 1.88. The maximum Gasteiger partial charge on any atom is 0.191 e. The van der Waals surface area contributed by atoms with Crippen molar-refractivity contribution in [2.75, 3.05) is 13.6 Å². The Hall–Kier alpha value is -1.16. The predicted molar refractivity (Wildman–Crippen MR) is 102 cm³/mol. The van der Waals surface area contributed by atoms with Crippen LogP contribution in [-0.4, -0.2) is 34.3 Å². The molecular formula is C14H23IN6S. The Bertz CT molecular complexity index is 590. The Morgan fingerprint density at radius 2 is 2.18 bits per heavy atom. The smallest absolute Gasteiger partial charge is 0.191 e. The minimum Gasteiger partial charge on any atom is -0.356 e. The number of rotatable bonds is 5. The average molecular weight is 434 g/mol. The van der Waals surface area contributed by atoms with Crippen molar-refractivity contribution in [3.05, 3.63) is 34.5 Å². The van der Waals surface area contributed by atoms with Crippen molar-refractivity contribution >= 4 is 41.3 Å². The molecule has 0 spiro atoms. The van der Waals surface area contributed by atoms with Crippen molar-refractivity contribution in [3.8, 4) is 0 Å². The third-order valence-corrected chi connectivity index (χ3v) is 4.56. The lowest BCUT2D eigenvalue weighted by Gasteiger charge is -2.25. The van der Waals surface area contributed by atoms with Crippen molar-refractivity contribution in [1.29, 1.82) is 0 Å². The lowest BCUT2D eigenvalue weighted by atomic mass is 9.91. The van der Waals surface area contributed by atoms with Crippen LogP contribution in [0.25, 0.3) is 0 Å². The van der Waals surface area contributed by atoms with E-state index in [2.05, 4.69) is 57.2 Å². The van der Waals surface area contributed by atoms with Gasteiger partial charge in [0.2, 0.25) is 0 Å². The molecule has 0 aliphatic heterocycles. The van der Waals surface area contributed by atoms with Gasteiger partial charge in [-0.05, 0) is 11.4 Å². The van der Waals surface area contributed by atoms with Gasteiger partial charge in [-0.1, -0.05) is 19.9 Å². The molecule has 0 aliphatic carbocycles. The first-order valence-corrected chi connectivity index (χ1v) is 7.72. The molecule has 22 heavy (non-hydrogen) atoms. The van der Waals surface area contributed by atoms with Gasteiger partial charge in [-0.2, -0.15) is 0 Å². The first-order valence-electron chi connectivity index (χ1n) is 6.84. The highest BCUT2D eigenvalue weighted by Crippen LogP contribution is 2.26.